The van der Waals surface area contributed by atoms with Crippen molar-refractivity contribution < 1.29 is 0 Å². The van der Waals surface area contributed by atoms with E-state index >= 15 is 0 Å². The fraction of sp³-hybridized carbons (Fsp3) is 0.143. The number of benzene rings is 1. The average Bonchev–Trinajstić information content (AvgIpc) is 2.39. The summed E-state index contributed by atoms with van der Waals surface area (Å²) in [4.78, 5) is 6.05. The van der Waals surface area contributed by atoms with Crippen LogP contribution in [0.5, 0.6) is 0 Å². The minimum Gasteiger partial charge on any atom is -0.397 e. The van der Waals surface area contributed by atoms with Gasteiger partial charge in [-0.2, -0.15) is 5.26 Å². The number of aromatic nitrogens is 1. The molecule has 2 N–H and O–H groups in total. The molecular formula is C14H13BrN4. The zero-order chi connectivity index (χ0) is 13.8. The highest BCUT2D eigenvalue weighted by atomic mass is 79.9. The minimum absolute atomic E-state index is 0.449. The molecule has 0 aliphatic rings. The molecule has 2 aromatic rings. The maximum absolute atomic E-state index is 9.03. The van der Waals surface area contributed by atoms with Crippen LogP contribution in [0, 0.1) is 11.3 Å². The molecule has 19 heavy (non-hydrogen) atoms. The van der Waals surface area contributed by atoms with Crippen molar-refractivity contribution in [3.05, 3.63) is 52.3 Å². The number of hydrogen-bond donors (Lipinski definition) is 1. The van der Waals surface area contributed by atoms with Gasteiger partial charge in [0.05, 0.1) is 11.4 Å². The van der Waals surface area contributed by atoms with E-state index in [9.17, 15) is 0 Å². The fourth-order valence-corrected chi connectivity index (χ4v) is 2.26. The normalized spacial score (nSPS) is 9.95. The van der Waals surface area contributed by atoms with E-state index in [1.165, 1.54) is 0 Å². The molecule has 5 heteroatoms. The maximum Gasteiger partial charge on any atom is 0.145 e. The Morgan fingerprint density at radius 2 is 2.21 bits per heavy atom. The van der Waals surface area contributed by atoms with Crippen LogP contribution in [0.3, 0.4) is 0 Å². The van der Waals surface area contributed by atoms with Gasteiger partial charge in [-0.25, -0.2) is 4.98 Å². The van der Waals surface area contributed by atoms with E-state index < -0.39 is 0 Å². The van der Waals surface area contributed by atoms with Crippen molar-refractivity contribution in [3.63, 3.8) is 0 Å². The van der Waals surface area contributed by atoms with Crippen molar-refractivity contribution in [3.8, 4) is 6.07 Å². The summed E-state index contributed by atoms with van der Waals surface area (Å²) >= 11 is 3.38. The molecule has 0 saturated carbocycles. The molecule has 0 saturated heterocycles. The highest BCUT2D eigenvalue weighted by molar-refractivity contribution is 9.10. The summed E-state index contributed by atoms with van der Waals surface area (Å²) in [5.41, 5.74) is 8.95. The van der Waals surface area contributed by atoms with Gasteiger partial charge in [-0.15, -0.1) is 0 Å². The number of nitrogen functional groups attached to an aromatic ring is 1. The summed E-state index contributed by atoms with van der Waals surface area (Å²) in [5, 5.41) is 9.03. The highest BCUT2D eigenvalue weighted by Crippen LogP contribution is 2.27. The lowest BCUT2D eigenvalue weighted by Gasteiger charge is -2.21. The van der Waals surface area contributed by atoms with Gasteiger partial charge in [-0.05, 0) is 24.3 Å². The summed E-state index contributed by atoms with van der Waals surface area (Å²) in [5.74, 6) is 0. The Balaban J connectivity index is 2.26. The van der Waals surface area contributed by atoms with Crippen LogP contribution in [0.1, 0.15) is 11.3 Å². The van der Waals surface area contributed by atoms with Gasteiger partial charge in [-0.3, -0.25) is 0 Å². The lowest BCUT2D eigenvalue weighted by molar-refractivity contribution is 0.911. The smallest absolute Gasteiger partial charge is 0.145 e. The molecule has 0 unspecified atom stereocenters. The molecule has 0 bridgehead atoms. The molecule has 0 amide bonds. The van der Waals surface area contributed by atoms with Gasteiger partial charge in [0.15, 0.2) is 0 Å². The monoisotopic (exact) mass is 316 g/mol. The quantitative estimate of drug-likeness (QED) is 0.884. The van der Waals surface area contributed by atoms with Gasteiger partial charge in [0.1, 0.15) is 11.8 Å². The first kappa shape index (κ1) is 13.4. The van der Waals surface area contributed by atoms with Crippen molar-refractivity contribution in [1.82, 2.24) is 4.98 Å². The van der Waals surface area contributed by atoms with Crippen LogP contribution in [0.25, 0.3) is 0 Å². The number of halogens is 1. The predicted molar refractivity (Wildman–Crippen MR) is 79.6 cm³/mol. The Labute approximate surface area is 120 Å². The molecule has 2 rings (SSSR count). The zero-order valence-electron chi connectivity index (χ0n) is 10.5. The molecule has 0 atom stereocenters. The maximum atomic E-state index is 9.03. The number of nitrogens with zero attached hydrogens (tertiary/aromatic N) is 3. The van der Waals surface area contributed by atoms with Gasteiger partial charge in [0, 0.05) is 29.8 Å². The Morgan fingerprint density at radius 3 is 2.89 bits per heavy atom. The summed E-state index contributed by atoms with van der Waals surface area (Å²) < 4.78 is 0.946. The molecule has 0 fully saturated rings. The van der Waals surface area contributed by atoms with Gasteiger partial charge < -0.3 is 10.6 Å². The van der Waals surface area contributed by atoms with Gasteiger partial charge >= 0.3 is 0 Å². The van der Waals surface area contributed by atoms with Crippen LogP contribution in [0.4, 0.5) is 11.4 Å². The second kappa shape index (κ2) is 5.72. The van der Waals surface area contributed by atoms with Crippen LogP contribution >= 0.6 is 15.9 Å². The predicted octanol–water partition coefficient (Wildman–Crippen LogP) is 2.93. The summed E-state index contributed by atoms with van der Waals surface area (Å²) in [7, 11) is 1.94. The SMILES string of the molecule is CN(Cc1cccnc1C#N)c1ccc(Br)cc1N. The summed E-state index contributed by atoms with van der Waals surface area (Å²) in [6.07, 6.45) is 1.62. The first-order valence-corrected chi connectivity index (χ1v) is 6.51. The molecule has 4 nitrogen and oxygen atoms in total. The topological polar surface area (TPSA) is 65.9 Å². The van der Waals surface area contributed by atoms with Gasteiger partial charge in [-0.1, -0.05) is 22.0 Å². The van der Waals surface area contributed by atoms with Crippen molar-refractivity contribution >= 4 is 27.3 Å². The van der Waals surface area contributed by atoms with E-state index in [0.29, 0.717) is 17.9 Å². The number of nitriles is 1. The zero-order valence-corrected chi connectivity index (χ0v) is 12.1. The van der Waals surface area contributed by atoms with Crippen molar-refractivity contribution in [2.75, 3.05) is 17.7 Å². The van der Waals surface area contributed by atoms with E-state index in [0.717, 1.165) is 15.7 Å². The van der Waals surface area contributed by atoms with E-state index in [1.54, 1.807) is 6.20 Å². The average molecular weight is 317 g/mol. The second-order valence-electron chi connectivity index (χ2n) is 4.18. The van der Waals surface area contributed by atoms with Crippen LogP contribution in [-0.4, -0.2) is 12.0 Å². The Hall–Kier alpha value is -2.06. The third kappa shape index (κ3) is 3.04. The molecular weight excluding hydrogens is 304 g/mol. The second-order valence-corrected chi connectivity index (χ2v) is 5.10. The molecule has 0 radical (unpaired) electrons. The number of rotatable bonds is 3. The van der Waals surface area contributed by atoms with Crippen LogP contribution < -0.4 is 10.6 Å². The van der Waals surface area contributed by atoms with Crippen LogP contribution in [-0.2, 0) is 6.54 Å². The number of pyridine rings is 1. The van der Waals surface area contributed by atoms with Gasteiger partial charge in [0.2, 0.25) is 0 Å². The lowest BCUT2D eigenvalue weighted by Crippen LogP contribution is -2.18. The molecule has 0 spiro atoms. The minimum atomic E-state index is 0.449. The molecule has 0 aliphatic carbocycles. The summed E-state index contributed by atoms with van der Waals surface area (Å²) in [6.45, 7) is 0.586. The van der Waals surface area contributed by atoms with E-state index in [-0.39, 0.29) is 0 Å². The number of nitrogens with two attached hydrogens (primary N) is 1. The first-order chi connectivity index (χ1) is 9.11. The van der Waals surface area contributed by atoms with Gasteiger partial charge in [0.25, 0.3) is 0 Å². The van der Waals surface area contributed by atoms with E-state index in [4.69, 9.17) is 11.0 Å². The third-order valence-corrected chi connectivity index (χ3v) is 3.30. The molecule has 96 valence electrons. The van der Waals surface area contributed by atoms with Crippen molar-refractivity contribution in [1.29, 1.82) is 5.26 Å². The number of hydrogen-bond acceptors (Lipinski definition) is 4. The standard InChI is InChI=1S/C14H13BrN4/c1-19(14-5-4-11(15)7-12(14)17)9-10-3-2-6-18-13(10)8-16/h2-7H,9,17H2,1H3. The largest absolute Gasteiger partial charge is 0.397 e. The van der Waals surface area contributed by atoms with E-state index in [1.807, 2.05) is 42.3 Å². The fourth-order valence-electron chi connectivity index (χ4n) is 1.88. The molecule has 0 aliphatic heterocycles. The van der Waals surface area contributed by atoms with Crippen LogP contribution in [0.2, 0.25) is 0 Å². The highest BCUT2D eigenvalue weighted by Gasteiger charge is 2.09. The summed E-state index contributed by atoms with van der Waals surface area (Å²) in [6, 6.07) is 11.6. The van der Waals surface area contributed by atoms with Crippen molar-refractivity contribution in [2.45, 2.75) is 6.54 Å². The molecule has 1 heterocycles. The third-order valence-electron chi connectivity index (χ3n) is 2.81. The molecule has 1 aromatic carbocycles. The molecule has 1 aromatic heterocycles. The van der Waals surface area contributed by atoms with Crippen LogP contribution in [0.15, 0.2) is 41.0 Å². The lowest BCUT2D eigenvalue weighted by atomic mass is 10.1. The Kier molecular flexibility index (Phi) is 4.03. The Bertz CT molecular complexity index is 634. The van der Waals surface area contributed by atoms with Crippen molar-refractivity contribution in [2.24, 2.45) is 0 Å². The van der Waals surface area contributed by atoms with E-state index in [2.05, 4.69) is 27.0 Å². The Morgan fingerprint density at radius 1 is 1.42 bits per heavy atom. The first-order valence-electron chi connectivity index (χ1n) is 5.72. The number of anilines is 2.